The summed E-state index contributed by atoms with van der Waals surface area (Å²) in [7, 11) is 7.15. The van der Waals surface area contributed by atoms with E-state index >= 15 is 0 Å². The first-order valence-electron chi connectivity index (χ1n) is 17.1. The Morgan fingerprint density at radius 2 is 1.69 bits per heavy atom. The van der Waals surface area contributed by atoms with Crippen LogP contribution in [0.15, 0.2) is 59.5 Å². The lowest BCUT2D eigenvalue weighted by Gasteiger charge is -2.11. The number of aryl methyl sites for hydroxylation is 2. The fourth-order valence-corrected chi connectivity index (χ4v) is 5.70. The van der Waals surface area contributed by atoms with Crippen molar-refractivity contribution in [2.24, 2.45) is 7.05 Å². The molecule has 0 radical (unpaired) electrons. The predicted molar refractivity (Wildman–Crippen MR) is 199 cm³/mol. The molecule has 0 bridgehead atoms. The average molecular weight is 716 g/mol. The number of carbonyl (C=O) groups excluding carboxylic acids is 4. The van der Waals surface area contributed by atoms with Gasteiger partial charge in [-0.3, -0.25) is 18.7 Å². The Kier molecular flexibility index (Phi) is 13.9. The van der Waals surface area contributed by atoms with Gasteiger partial charge in [0.2, 0.25) is 0 Å². The first kappa shape index (κ1) is 39.1. The zero-order valence-corrected chi connectivity index (χ0v) is 30.1. The number of aromatic nitrogens is 5. The highest BCUT2D eigenvalue weighted by atomic mass is 19.1. The van der Waals surface area contributed by atoms with Crippen LogP contribution in [0.5, 0.6) is 0 Å². The first-order valence-corrected chi connectivity index (χ1v) is 17.1. The minimum absolute atomic E-state index is 0.126. The van der Waals surface area contributed by atoms with Crippen molar-refractivity contribution >= 4 is 46.8 Å². The van der Waals surface area contributed by atoms with Gasteiger partial charge in [0, 0.05) is 44.7 Å². The molecule has 15 heteroatoms. The molecule has 0 aliphatic carbocycles. The van der Waals surface area contributed by atoms with Crippen LogP contribution in [0.2, 0.25) is 0 Å². The summed E-state index contributed by atoms with van der Waals surface area (Å²) in [4.78, 5) is 65.2. The number of hydrogen-bond donors (Lipinski definition) is 4. The molecule has 0 fully saturated rings. The van der Waals surface area contributed by atoms with E-state index in [-0.39, 0.29) is 36.7 Å². The Bertz CT molecular complexity index is 2070. The molecular formula is C37H46FN9O5. The highest BCUT2D eigenvalue weighted by molar-refractivity contribution is 5.95. The van der Waals surface area contributed by atoms with Gasteiger partial charge in [-0.25, -0.2) is 18.7 Å². The fourth-order valence-electron chi connectivity index (χ4n) is 5.70. The number of nitrogens with one attached hydrogen (secondary N) is 4. The maximum absolute atomic E-state index is 13.3. The van der Waals surface area contributed by atoms with Gasteiger partial charge in [-0.05, 0) is 82.6 Å². The molecule has 5 aromatic rings. The van der Waals surface area contributed by atoms with Crippen LogP contribution >= 0.6 is 0 Å². The summed E-state index contributed by atoms with van der Waals surface area (Å²) in [5.74, 6) is -0.700. The number of nitrogens with zero attached hydrogens (tertiary/aromatic N) is 5. The monoisotopic (exact) mass is 715 g/mol. The minimum atomic E-state index is -1.19. The van der Waals surface area contributed by atoms with Gasteiger partial charge in [0.25, 0.3) is 11.8 Å². The van der Waals surface area contributed by atoms with Gasteiger partial charge in [-0.1, -0.05) is 18.2 Å². The van der Waals surface area contributed by atoms with Crippen molar-refractivity contribution in [2.45, 2.75) is 51.2 Å². The molecule has 4 N–H and O–H groups in total. The third kappa shape index (κ3) is 9.15. The number of carbonyl (C=O) groups is 4. The summed E-state index contributed by atoms with van der Waals surface area (Å²) in [6.07, 6.45) is 4.39. The zero-order chi connectivity index (χ0) is 37.8. The van der Waals surface area contributed by atoms with Crippen molar-refractivity contribution in [1.29, 1.82) is 0 Å². The topological polar surface area (TPSA) is 174 Å². The number of fused-ring (bicyclic) bond motifs is 2. The van der Waals surface area contributed by atoms with Crippen LogP contribution in [-0.2, 0) is 23.1 Å². The lowest BCUT2D eigenvalue weighted by atomic mass is 10.1. The highest BCUT2D eigenvalue weighted by Gasteiger charge is 2.20. The number of halogens is 1. The van der Waals surface area contributed by atoms with E-state index in [1.165, 1.54) is 26.8 Å². The Morgan fingerprint density at radius 3 is 2.35 bits per heavy atom. The summed E-state index contributed by atoms with van der Waals surface area (Å²) >= 11 is 0. The number of aldehydes is 2. The van der Waals surface area contributed by atoms with E-state index in [2.05, 4.69) is 31.3 Å². The van der Waals surface area contributed by atoms with Crippen molar-refractivity contribution < 1.29 is 23.6 Å². The Labute approximate surface area is 300 Å². The number of unbranched alkanes of at least 4 members (excludes halogenated alkanes) is 1. The number of alkyl halides is 1. The fraction of sp³-hybridized carbons (Fsp3) is 0.378. The molecule has 0 aliphatic rings. The molecule has 14 nitrogen and oxygen atoms in total. The number of rotatable bonds is 16. The second-order valence-corrected chi connectivity index (χ2v) is 12.3. The summed E-state index contributed by atoms with van der Waals surface area (Å²) in [5.41, 5.74) is 5.11. The van der Waals surface area contributed by atoms with Crippen molar-refractivity contribution in [3.05, 3.63) is 82.0 Å². The number of amides is 2. The number of anilines is 1. The van der Waals surface area contributed by atoms with Gasteiger partial charge in [-0.15, -0.1) is 0 Å². The molecule has 276 valence electrons. The summed E-state index contributed by atoms with van der Waals surface area (Å²) in [6, 6.07) is 13.8. The van der Waals surface area contributed by atoms with E-state index in [9.17, 15) is 28.4 Å². The second-order valence-electron chi connectivity index (χ2n) is 12.3. The van der Waals surface area contributed by atoms with Gasteiger partial charge in [0.05, 0.1) is 34.7 Å². The van der Waals surface area contributed by atoms with Crippen LogP contribution in [0.3, 0.4) is 0 Å². The van der Waals surface area contributed by atoms with Crippen LogP contribution in [0, 0.1) is 0 Å². The minimum Gasteiger partial charge on any atom is -0.385 e. The van der Waals surface area contributed by atoms with Gasteiger partial charge < -0.3 is 30.9 Å². The molecule has 0 spiro atoms. The van der Waals surface area contributed by atoms with Crippen molar-refractivity contribution in [2.75, 3.05) is 39.5 Å². The zero-order valence-electron chi connectivity index (χ0n) is 30.1. The van der Waals surface area contributed by atoms with E-state index in [1.807, 2.05) is 32.3 Å². The average Bonchev–Trinajstić information content (AvgIpc) is 3.69. The second kappa shape index (κ2) is 18.5. The normalized spacial score (nSPS) is 12.1. The Balaban J connectivity index is 0.00000195. The van der Waals surface area contributed by atoms with Gasteiger partial charge >= 0.3 is 5.69 Å². The Morgan fingerprint density at radius 1 is 0.962 bits per heavy atom. The molecule has 0 saturated heterocycles. The summed E-state index contributed by atoms with van der Waals surface area (Å²) in [6.45, 7) is 1.71. The molecular weight excluding hydrogens is 669 g/mol. The third-order valence-corrected chi connectivity index (χ3v) is 8.36. The van der Waals surface area contributed by atoms with Crippen LogP contribution in [0.25, 0.3) is 27.9 Å². The van der Waals surface area contributed by atoms with Gasteiger partial charge in [0.15, 0.2) is 11.3 Å². The van der Waals surface area contributed by atoms with Gasteiger partial charge in [0.1, 0.15) is 18.7 Å². The van der Waals surface area contributed by atoms with Crippen LogP contribution in [0.1, 0.15) is 65.1 Å². The quantitative estimate of drug-likeness (QED) is 0.0881. The molecule has 0 saturated carbocycles. The highest BCUT2D eigenvalue weighted by Crippen LogP contribution is 2.25. The van der Waals surface area contributed by atoms with Crippen molar-refractivity contribution in [3.8, 4) is 11.3 Å². The SMILES string of the molecule is CNC.CNc1cc(-c2ccc(C(=O)NCCCCc3ccc4c(c3)n(C)c(=O)n4C(C=O)CCC=O)cc2)nn2c(C(=O)NCC(C)F)cnc12. The lowest BCUT2D eigenvalue weighted by molar-refractivity contribution is -0.111. The Hall–Kier alpha value is -5.70. The molecule has 2 aromatic carbocycles. The largest absolute Gasteiger partial charge is 0.385 e. The molecule has 3 heterocycles. The third-order valence-electron chi connectivity index (χ3n) is 8.36. The van der Waals surface area contributed by atoms with E-state index in [4.69, 9.17) is 0 Å². The van der Waals surface area contributed by atoms with Crippen molar-refractivity contribution in [3.63, 3.8) is 0 Å². The first-order chi connectivity index (χ1) is 25.1. The van der Waals surface area contributed by atoms with Gasteiger partial charge in [-0.2, -0.15) is 5.10 Å². The van der Waals surface area contributed by atoms with Crippen LogP contribution < -0.4 is 27.0 Å². The standard InChI is InChI=1S/C35H39FN8O5.C2H7N/c1-22(36)19-40-34(48)31-20-39-32-28(37-2)18-27(41-44(31)32)24-10-12-25(13-11-24)33(47)38-15-5-4-7-23-9-14-29-30(17-23)42(3)35(49)43(29)26(21-46)8-6-16-45;1-3-2/h9-14,16-18,20-22,26,37H,4-8,15,19H2,1-3H3,(H,38,47)(H,40,48);3H,1-2H3. The van der Waals surface area contributed by atoms with E-state index in [0.29, 0.717) is 46.5 Å². The predicted octanol–water partition coefficient (Wildman–Crippen LogP) is 3.49. The molecule has 2 atom stereocenters. The smallest absolute Gasteiger partial charge is 0.329 e. The summed E-state index contributed by atoms with van der Waals surface area (Å²) in [5, 5.41) is 15.9. The number of imidazole rings is 2. The number of benzene rings is 2. The van der Waals surface area contributed by atoms with Crippen molar-refractivity contribution in [1.82, 2.24) is 39.7 Å². The number of hydrogen-bond acceptors (Lipinski definition) is 9. The molecule has 3 aromatic heterocycles. The van der Waals surface area contributed by atoms with Crippen LogP contribution in [0.4, 0.5) is 10.1 Å². The molecule has 5 rings (SSSR count). The van der Waals surface area contributed by atoms with E-state index in [0.717, 1.165) is 36.7 Å². The molecule has 2 unspecified atom stereocenters. The lowest BCUT2D eigenvalue weighted by Crippen LogP contribution is -2.30. The maximum Gasteiger partial charge on any atom is 0.329 e. The molecule has 52 heavy (non-hydrogen) atoms. The van der Waals surface area contributed by atoms with E-state index < -0.39 is 18.1 Å². The maximum atomic E-state index is 13.3. The molecule has 2 amide bonds. The molecule has 0 aliphatic heterocycles. The van der Waals surface area contributed by atoms with Crippen LogP contribution in [-0.4, -0.2) is 88.5 Å². The summed E-state index contributed by atoms with van der Waals surface area (Å²) < 4.78 is 17.7. The van der Waals surface area contributed by atoms with E-state index in [1.54, 1.807) is 44.4 Å².